The fourth-order valence-electron chi connectivity index (χ4n) is 2.54. The molecule has 0 saturated carbocycles. The first-order valence-corrected chi connectivity index (χ1v) is 7.38. The summed E-state index contributed by atoms with van der Waals surface area (Å²) in [5.74, 6) is 0.481. The minimum Gasteiger partial charge on any atom is -0.393 e. The van der Waals surface area contributed by atoms with E-state index in [1.165, 1.54) is 5.56 Å². The Bertz CT molecular complexity index is 689. The molecule has 0 aliphatic carbocycles. The lowest BCUT2D eigenvalue weighted by molar-refractivity contribution is -0.384. The second-order valence-electron chi connectivity index (χ2n) is 6.43. The molecule has 22 heavy (non-hydrogen) atoms. The van der Waals surface area contributed by atoms with Crippen LogP contribution in [0.5, 0.6) is 0 Å². The van der Waals surface area contributed by atoms with Gasteiger partial charge in [0.1, 0.15) is 5.69 Å². The number of nitrogen functional groups attached to an aromatic ring is 1. The maximum Gasteiger partial charge on any atom is 0.292 e. The highest BCUT2D eigenvalue weighted by Gasteiger charge is 2.26. The average Bonchev–Trinajstić information content (AvgIpc) is 2.47. The van der Waals surface area contributed by atoms with Gasteiger partial charge in [0.05, 0.1) is 4.92 Å². The zero-order valence-corrected chi connectivity index (χ0v) is 13.5. The standard InChI is InChI=1S/C18H22N2O2/c1-12(2)13-5-7-14(8-6-13)18(3,4)15-9-10-16(19)17(11-15)20(21)22/h5-12H,19H2,1-4H3. The second-order valence-corrected chi connectivity index (χ2v) is 6.43. The van der Waals surface area contributed by atoms with Gasteiger partial charge in [-0.2, -0.15) is 0 Å². The molecule has 0 radical (unpaired) electrons. The van der Waals surface area contributed by atoms with Crippen LogP contribution in [0.1, 0.15) is 50.3 Å². The number of benzene rings is 2. The molecular weight excluding hydrogens is 276 g/mol. The van der Waals surface area contributed by atoms with Crippen molar-refractivity contribution in [2.45, 2.75) is 39.0 Å². The highest BCUT2D eigenvalue weighted by atomic mass is 16.6. The first kappa shape index (κ1) is 16.0. The summed E-state index contributed by atoms with van der Waals surface area (Å²) >= 11 is 0. The minimum absolute atomic E-state index is 0.0376. The maximum absolute atomic E-state index is 11.1. The SMILES string of the molecule is CC(C)c1ccc(C(C)(C)c2ccc(N)c([N+](=O)[O-])c2)cc1. The van der Waals surface area contributed by atoms with E-state index in [1.54, 1.807) is 12.1 Å². The summed E-state index contributed by atoms with van der Waals surface area (Å²) in [5.41, 5.74) is 8.80. The maximum atomic E-state index is 11.1. The van der Waals surface area contributed by atoms with Crippen LogP contribution in [0.3, 0.4) is 0 Å². The van der Waals surface area contributed by atoms with Crippen LogP contribution in [0, 0.1) is 10.1 Å². The monoisotopic (exact) mass is 298 g/mol. The zero-order valence-electron chi connectivity index (χ0n) is 13.5. The largest absolute Gasteiger partial charge is 0.393 e. The van der Waals surface area contributed by atoms with Crippen LogP contribution in [0.25, 0.3) is 0 Å². The molecule has 2 N–H and O–H groups in total. The van der Waals surface area contributed by atoms with E-state index in [2.05, 4.69) is 52.0 Å². The molecule has 2 rings (SSSR count). The van der Waals surface area contributed by atoms with Gasteiger partial charge in [-0.3, -0.25) is 10.1 Å². The van der Waals surface area contributed by atoms with Crippen molar-refractivity contribution in [1.29, 1.82) is 0 Å². The molecule has 0 atom stereocenters. The first-order chi connectivity index (χ1) is 10.2. The molecule has 4 nitrogen and oxygen atoms in total. The molecule has 0 aliphatic heterocycles. The van der Waals surface area contributed by atoms with Crippen LogP contribution in [0.4, 0.5) is 11.4 Å². The normalized spacial score (nSPS) is 11.7. The molecule has 0 saturated heterocycles. The highest BCUT2D eigenvalue weighted by molar-refractivity contribution is 5.60. The number of nitro groups is 1. The molecule has 2 aromatic rings. The minimum atomic E-state index is -0.434. The summed E-state index contributed by atoms with van der Waals surface area (Å²) in [5, 5.41) is 11.1. The summed E-state index contributed by atoms with van der Waals surface area (Å²) in [4.78, 5) is 10.6. The van der Waals surface area contributed by atoms with Crippen LogP contribution in [-0.2, 0) is 5.41 Å². The van der Waals surface area contributed by atoms with Gasteiger partial charge in [-0.05, 0) is 28.7 Å². The molecule has 0 heterocycles. The molecule has 0 unspecified atom stereocenters. The van der Waals surface area contributed by atoms with Crippen molar-refractivity contribution < 1.29 is 4.92 Å². The molecule has 0 fully saturated rings. The Labute approximate surface area is 131 Å². The van der Waals surface area contributed by atoms with E-state index in [-0.39, 0.29) is 16.8 Å². The summed E-state index contributed by atoms with van der Waals surface area (Å²) in [6.07, 6.45) is 0. The van der Waals surface area contributed by atoms with Crippen LogP contribution in [0.2, 0.25) is 0 Å². The Morgan fingerprint density at radius 2 is 1.59 bits per heavy atom. The highest BCUT2D eigenvalue weighted by Crippen LogP contribution is 2.35. The lowest BCUT2D eigenvalue weighted by Gasteiger charge is -2.26. The van der Waals surface area contributed by atoms with Gasteiger partial charge in [0.2, 0.25) is 0 Å². The lowest BCUT2D eigenvalue weighted by Crippen LogP contribution is -2.19. The Kier molecular flexibility index (Phi) is 4.22. The van der Waals surface area contributed by atoms with Crippen LogP contribution in [-0.4, -0.2) is 4.92 Å². The molecule has 0 spiro atoms. The molecule has 0 amide bonds. The van der Waals surface area contributed by atoms with Crippen molar-refractivity contribution in [3.05, 3.63) is 69.3 Å². The van der Waals surface area contributed by atoms with Gasteiger partial charge in [0, 0.05) is 11.5 Å². The predicted molar refractivity (Wildman–Crippen MR) is 90.2 cm³/mol. The van der Waals surface area contributed by atoms with Crippen molar-refractivity contribution in [3.8, 4) is 0 Å². The molecule has 4 heteroatoms. The Morgan fingerprint density at radius 3 is 2.09 bits per heavy atom. The van der Waals surface area contributed by atoms with E-state index in [0.717, 1.165) is 11.1 Å². The number of anilines is 1. The molecule has 2 aromatic carbocycles. The third-order valence-electron chi connectivity index (χ3n) is 4.25. The molecule has 0 aromatic heterocycles. The van der Waals surface area contributed by atoms with Gasteiger partial charge in [-0.1, -0.05) is 58.0 Å². The summed E-state index contributed by atoms with van der Waals surface area (Å²) in [7, 11) is 0. The van der Waals surface area contributed by atoms with Crippen molar-refractivity contribution in [2.24, 2.45) is 0 Å². The first-order valence-electron chi connectivity index (χ1n) is 7.38. The van der Waals surface area contributed by atoms with Gasteiger partial charge in [0.15, 0.2) is 0 Å². The average molecular weight is 298 g/mol. The van der Waals surface area contributed by atoms with Gasteiger partial charge in [0.25, 0.3) is 5.69 Å². The van der Waals surface area contributed by atoms with Crippen molar-refractivity contribution >= 4 is 11.4 Å². The van der Waals surface area contributed by atoms with E-state index in [9.17, 15) is 10.1 Å². The number of nitrogens with two attached hydrogens (primary N) is 1. The zero-order chi connectivity index (χ0) is 16.5. The quantitative estimate of drug-likeness (QED) is 0.508. The molecular formula is C18H22N2O2. The molecule has 0 aliphatic rings. The van der Waals surface area contributed by atoms with Crippen molar-refractivity contribution in [3.63, 3.8) is 0 Å². The predicted octanol–water partition coefficient (Wildman–Crippen LogP) is 4.63. The topological polar surface area (TPSA) is 69.2 Å². The number of hydrogen-bond acceptors (Lipinski definition) is 3. The number of hydrogen-bond donors (Lipinski definition) is 1. The van der Waals surface area contributed by atoms with Crippen LogP contribution in [0.15, 0.2) is 42.5 Å². The third-order valence-corrected chi connectivity index (χ3v) is 4.25. The van der Waals surface area contributed by atoms with Crippen LogP contribution < -0.4 is 5.73 Å². The molecule has 0 bridgehead atoms. The van der Waals surface area contributed by atoms with Crippen molar-refractivity contribution in [2.75, 3.05) is 5.73 Å². The lowest BCUT2D eigenvalue weighted by atomic mass is 9.77. The van der Waals surface area contributed by atoms with E-state index in [4.69, 9.17) is 5.73 Å². The Morgan fingerprint density at radius 1 is 1.05 bits per heavy atom. The van der Waals surface area contributed by atoms with Gasteiger partial charge < -0.3 is 5.73 Å². The van der Waals surface area contributed by atoms with Crippen LogP contribution >= 0.6 is 0 Å². The fourth-order valence-corrected chi connectivity index (χ4v) is 2.54. The summed E-state index contributed by atoms with van der Waals surface area (Å²) < 4.78 is 0. The van der Waals surface area contributed by atoms with Gasteiger partial charge in [-0.15, -0.1) is 0 Å². The van der Waals surface area contributed by atoms with Gasteiger partial charge in [-0.25, -0.2) is 0 Å². The Hall–Kier alpha value is -2.36. The van der Waals surface area contributed by atoms with E-state index in [0.29, 0.717) is 5.92 Å². The smallest absolute Gasteiger partial charge is 0.292 e. The number of nitro benzene ring substituents is 1. The molecule has 116 valence electrons. The third kappa shape index (κ3) is 2.96. The number of nitrogens with zero attached hydrogens (tertiary/aromatic N) is 1. The Balaban J connectivity index is 2.45. The second kappa shape index (κ2) is 5.79. The fraction of sp³-hybridized carbons (Fsp3) is 0.333. The van der Waals surface area contributed by atoms with E-state index < -0.39 is 4.92 Å². The summed E-state index contributed by atoms with van der Waals surface area (Å²) in [6.45, 7) is 8.44. The van der Waals surface area contributed by atoms with E-state index >= 15 is 0 Å². The van der Waals surface area contributed by atoms with Crippen molar-refractivity contribution in [1.82, 2.24) is 0 Å². The number of rotatable bonds is 4. The summed E-state index contributed by atoms with van der Waals surface area (Å²) in [6, 6.07) is 13.5. The van der Waals surface area contributed by atoms with E-state index in [1.807, 2.05) is 6.07 Å². The van der Waals surface area contributed by atoms with Gasteiger partial charge >= 0.3 is 0 Å².